The van der Waals surface area contributed by atoms with E-state index in [1.807, 2.05) is 66.7 Å². The average molecular weight is 704 g/mol. The lowest BCUT2D eigenvalue weighted by atomic mass is 9.89. The number of nitrogens with zero attached hydrogens (tertiary/aromatic N) is 3. The monoisotopic (exact) mass is 703 g/mol. The van der Waals surface area contributed by atoms with Gasteiger partial charge in [-0.25, -0.2) is 15.0 Å². The average Bonchev–Trinajstić information content (AvgIpc) is 3.67. The Morgan fingerprint density at radius 3 is 1.27 bits per heavy atom. The number of benzene rings is 8. The van der Waals surface area contributed by atoms with E-state index in [-0.39, 0.29) is 0 Å². The van der Waals surface area contributed by atoms with E-state index < -0.39 is 0 Å². The van der Waals surface area contributed by atoms with Gasteiger partial charge in [-0.05, 0) is 57.1 Å². The Hall–Kier alpha value is -7.43. The minimum Gasteiger partial charge on any atom is -0.455 e. The first kappa shape index (κ1) is 32.2. The van der Waals surface area contributed by atoms with E-state index >= 15 is 0 Å². The Morgan fingerprint density at radius 1 is 0.273 bits per heavy atom. The van der Waals surface area contributed by atoms with Crippen LogP contribution >= 0.6 is 0 Å². The Kier molecular flexibility index (Phi) is 8.12. The van der Waals surface area contributed by atoms with Crippen molar-refractivity contribution < 1.29 is 4.42 Å². The van der Waals surface area contributed by atoms with Crippen LogP contribution in [0.5, 0.6) is 0 Å². The van der Waals surface area contributed by atoms with Crippen LogP contribution in [0.1, 0.15) is 0 Å². The summed E-state index contributed by atoms with van der Waals surface area (Å²) < 4.78 is 7.21. The molecule has 2 heterocycles. The molecular formula is C51H33N3O. The first-order valence-corrected chi connectivity index (χ1v) is 18.4. The second-order valence-electron chi connectivity index (χ2n) is 13.5. The number of aromatic nitrogens is 3. The normalized spacial score (nSPS) is 11.3. The fraction of sp³-hybridized carbons (Fsp3) is 0. The largest absolute Gasteiger partial charge is 0.455 e. The molecule has 55 heavy (non-hydrogen) atoms. The van der Waals surface area contributed by atoms with Crippen molar-refractivity contribution in [3.8, 4) is 78.7 Å². The molecule has 10 rings (SSSR count). The van der Waals surface area contributed by atoms with Gasteiger partial charge in [-0.3, -0.25) is 0 Å². The van der Waals surface area contributed by atoms with Crippen LogP contribution in [0.4, 0.5) is 0 Å². The lowest BCUT2D eigenvalue weighted by Gasteiger charge is -2.13. The number of fused-ring (bicyclic) bond motifs is 3. The first-order valence-electron chi connectivity index (χ1n) is 18.4. The summed E-state index contributed by atoms with van der Waals surface area (Å²) in [5.74, 6) is 1.75. The van der Waals surface area contributed by atoms with Crippen molar-refractivity contribution in [3.05, 3.63) is 200 Å². The summed E-state index contributed by atoms with van der Waals surface area (Å²) >= 11 is 0. The van der Waals surface area contributed by atoms with Gasteiger partial charge in [0.2, 0.25) is 0 Å². The molecule has 0 bridgehead atoms. The first-order chi connectivity index (χ1) is 27.3. The van der Waals surface area contributed by atoms with E-state index in [0.717, 1.165) is 83.1 Å². The second kappa shape index (κ2) is 13.8. The minimum atomic E-state index is 0.546. The Bertz CT molecular complexity index is 2890. The molecule has 0 saturated carbocycles. The maximum absolute atomic E-state index is 7.21. The molecule has 2 aromatic heterocycles. The van der Waals surface area contributed by atoms with Gasteiger partial charge in [0.1, 0.15) is 11.2 Å². The molecule has 0 atom stereocenters. The van der Waals surface area contributed by atoms with Gasteiger partial charge < -0.3 is 4.42 Å². The maximum Gasteiger partial charge on any atom is 0.167 e. The fourth-order valence-electron chi connectivity index (χ4n) is 7.53. The van der Waals surface area contributed by atoms with Crippen molar-refractivity contribution in [2.45, 2.75) is 0 Å². The molecule has 0 aliphatic rings. The highest BCUT2D eigenvalue weighted by molar-refractivity contribution is 6.20. The molecule has 0 spiro atoms. The highest BCUT2D eigenvalue weighted by Gasteiger charge is 2.24. The molecular weight excluding hydrogens is 671 g/mol. The maximum atomic E-state index is 7.21. The van der Waals surface area contributed by atoms with Crippen LogP contribution in [0.25, 0.3) is 101 Å². The Morgan fingerprint density at radius 2 is 0.709 bits per heavy atom. The quantitative estimate of drug-likeness (QED) is 0.166. The summed E-state index contributed by atoms with van der Waals surface area (Å²) in [6.45, 7) is 0. The highest BCUT2D eigenvalue weighted by Crippen LogP contribution is 2.47. The molecule has 4 heteroatoms. The lowest BCUT2D eigenvalue weighted by molar-refractivity contribution is 0.670. The van der Waals surface area contributed by atoms with Gasteiger partial charge in [0.05, 0.1) is 5.56 Å². The molecule has 0 aliphatic heterocycles. The summed E-state index contributed by atoms with van der Waals surface area (Å²) in [6, 6.07) is 69.2. The summed E-state index contributed by atoms with van der Waals surface area (Å²) in [4.78, 5) is 15.3. The zero-order valence-electron chi connectivity index (χ0n) is 29.8. The van der Waals surface area contributed by atoms with Crippen LogP contribution in [0, 0.1) is 0 Å². The number of rotatable bonds is 7. The predicted molar refractivity (Wildman–Crippen MR) is 225 cm³/mol. The highest BCUT2D eigenvalue weighted by atomic mass is 16.3. The standard InChI is InChI=1S/C51H33N3O/c1-6-18-34(19-7-1)39-32-44(36-22-10-3-11-23-36)47-45(33-39)46-42(41-29-17-16-28-40(41)35-20-8-2-9-21-35)30-31-43(48(46)55-47)51-53-49(37-24-12-4-13-25-37)52-50(54-51)38-26-14-5-15-27-38/h1-33H. The van der Waals surface area contributed by atoms with Crippen LogP contribution in [0.15, 0.2) is 205 Å². The molecule has 10 aromatic rings. The molecule has 0 unspecified atom stereocenters. The van der Waals surface area contributed by atoms with Crippen LogP contribution in [-0.2, 0) is 0 Å². The van der Waals surface area contributed by atoms with E-state index in [4.69, 9.17) is 19.4 Å². The second-order valence-corrected chi connectivity index (χ2v) is 13.5. The van der Waals surface area contributed by atoms with Gasteiger partial charge in [0.25, 0.3) is 0 Å². The van der Waals surface area contributed by atoms with Gasteiger partial charge in [-0.15, -0.1) is 0 Å². The smallest absolute Gasteiger partial charge is 0.167 e. The zero-order valence-corrected chi connectivity index (χ0v) is 29.8. The van der Waals surface area contributed by atoms with E-state index in [1.54, 1.807) is 0 Å². The van der Waals surface area contributed by atoms with Crippen LogP contribution < -0.4 is 0 Å². The van der Waals surface area contributed by atoms with Crippen molar-refractivity contribution in [1.29, 1.82) is 0 Å². The van der Waals surface area contributed by atoms with Crippen LogP contribution in [-0.4, -0.2) is 15.0 Å². The third-order valence-electron chi connectivity index (χ3n) is 10.2. The third kappa shape index (κ3) is 5.96. The molecule has 0 amide bonds. The molecule has 8 aromatic carbocycles. The summed E-state index contributed by atoms with van der Waals surface area (Å²) in [6.07, 6.45) is 0. The molecule has 0 radical (unpaired) electrons. The SMILES string of the molecule is c1ccc(-c2cc(-c3ccccc3)c3oc4c(-c5nc(-c6ccccc6)nc(-c6ccccc6)n5)ccc(-c5ccccc5-c5ccccc5)c4c3c2)cc1. The van der Waals surface area contributed by atoms with Crippen molar-refractivity contribution in [1.82, 2.24) is 15.0 Å². The van der Waals surface area contributed by atoms with E-state index in [0.29, 0.717) is 17.5 Å². The Labute approximate surface area is 319 Å². The van der Waals surface area contributed by atoms with E-state index in [2.05, 4.69) is 133 Å². The van der Waals surface area contributed by atoms with Crippen molar-refractivity contribution >= 4 is 21.9 Å². The number of hydrogen-bond acceptors (Lipinski definition) is 4. The van der Waals surface area contributed by atoms with Crippen LogP contribution in [0.3, 0.4) is 0 Å². The lowest BCUT2D eigenvalue weighted by Crippen LogP contribution is -2.00. The number of furan rings is 1. The summed E-state index contributed by atoms with van der Waals surface area (Å²) in [7, 11) is 0. The Balaban J connectivity index is 1.33. The van der Waals surface area contributed by atoms with Gasteiger partial charge in [0, 0.05) is 27.5 Å². The van der Waals surface area contributed by atoms with Crippen molar-refractivity contribution in [3.63, 3.8) is 0 Å². The fourth-order valence-corrected chi connectivity index (χ4v) is 7.53. The molecule has 4 nitrogen and oxygen atoms in total. The molecule has 0 fully saturated rings. The van der Waals surface area contributed by atoms with E-state index in [9.17, 15) is 0 Å². The van der Waals surface area contributed by atoms with Gasteiger partial charge in [0.15, 0.2) is 17.5 Å². The molecule has 258 valence electrons. The summed E-state index contributed by atoms with van der Waals surface area (Å²) in [5, 5.41) is 2.03. The van der Waals surface area contributed by atoms with Gasteiger partial charge in [-0.2, -0.15) is 0 Å². The molecule has 0 N–H and O–H groups in total. The summed E-state index contributed by atoms with van der Waals surface area (Å²) in [5.41, 5.74) is 13.0. The minimum absolute atomic E-state index is 0.546. The predicted octanol–water partition coefficient (Wildman–Crippen LogP) is 13.4. The zero-order chi connectivity index (χ0) is 36.6. The van der Waals surface area contributed by atoms with Gasteiger partial charge in [-0.1, -0.05) is 182 Å². The van der Waals surface area contributed by atoms with Crippen molar-refractivity contribution in [2.24, 2.45) is 0 Å². The molecule has 0 aliphatic carbocycles. The topological polar surface area (TPSA) is 51.8 Å². The van der Waals surface area contributed by atoms with Crippen molar-refractivity contribution in [2.75, 3.05) is 0 Å². The number of hydrogen-bond donors (Lipinski definition) is 0. The van der Waals surface area contributed by atoms with Crippen LogP contribution in [0.2, 0.25) is 0 Å². The van der Waals surface area contributed by atoms with Gasteiger partial charge >= 0.3 is 0 Å². The molecule has 0 saturated heterocycles. The van der Waals surface area contributed by atoms with E-state index in [1.165, 1.54) is 0 Å². The third-order valence-corrected chi connectivity index (χ3v) is 10.2.